The Morgan fingerprint density at radius 1 is 1.10 bits per heavy atom. The number of anilines is 2. The van der Waals surface area contributed by atoms with Crippen molar-refractivity contribution in [2.24, 2.45) is 0 Å². The molecule has 3 aromatic rings. The van der Waals surface area contributed by atoms with Crippen LogP contribution in [0.15, 0.2) is 58.8 Å². The molecular formula is C23H24N4O2SSi. The lowest BCUT2D eigenvalue weighted by atomic mass is 10.0. The molecular weight excluding hydrogens is 424 g/mol. The molecule has 0 amide bonds. The summed E-state index contributed by atoms with van der Waals surface area (Å²) in [7, 11) is 0.189. The van der Waals surface area contributed by atoms with Gasteiger partial charge < -0.3 is 9.84 Å². The standard InChI is InChI=1S/C23H24N4O2SSi/c1-29-15-27-19-13-16(6-8-20(19)30-23-22(27)24-10-11-25-23)21(28)17-5-7-18(26-14-17)9-12-31(2,3)4/h5-8,10-11,13-14,21,28H,15H2,1-4H3. The lowest BCUT2D eigenvalue weighted by Gasteiger charge is -2.30. The van der Waals surface area contributed by atoms with Gasteiger partial charge in [-0.15, -0.1) is 5.54 Å². The number of pyridine rings is 1. The number of hydrogen-bond acceptors (Lipinski definition) is 7. The van der Waals surface area contributed by atoms with E-state index in [0.717, 1.165) is 38.2 Å². The third-order valence-electron chi connectivity index (χ3n) is 4.62. The SMILES string of the molecule is COCN1c2cc(C(O)c3ccc(C#C[Si](C)(C)C)nc3)ccc2Sc2nccnc21. The fraction of sp³-hybridized carbons (Fsp3) is 0.261. The van der Waals surface area contributed by atoms with E-state index in [9.17, 15) is 5.11 Å². The van der Waals surface area contributed by atoms with Gasteiger partial charge in [0.15, 0.2) is 5.82 Å². The van der Waals surface area contributed by atoms with Crippen LogP contribution in [0.4, 0.5) is 11.5 Å². The Bertz CT molecular complexity index is 1150. The summed E-state index contributed by atoms with van der Waals surface area (Å²) in [5.41, 5.74) is 6.46. The summed E-state index contributed by atoms with van der Waals surface area (Å²) in [6.45, 7) is 6.93. The van der Waals surface area contributed by atoms with E-state index >= 15 is 0 Å². The topological polar surface area (TPSA) is 71.4 Å². The monoisotopic (exact) mass is 448 g/mol. The average molecular weight is 449 g/mol. The van der Waals surface area contributed by atoms with Gasteiger partial charge in [0.2, 0.25) is 0 Å². The molecule has 8 heteroatoms. The smallest absolute Gasteiger partial charge is 0.168 e. The maximum absolute atomic E-state index is 11.0. The number of aliphatic hydroxyl groups excluding tert-OH is 1. The first-order chi connectivity index (χ1) is 14.9. The van der Waals surface area contributed by atoms with Crippen LogP contribution in [0.5, 0.6) is 0 Å². The highest BCUT2D eigenvalue weighted by Crippen LogP contribution is 2.46. The molecule has 0 fully saturated rings. The minimum Gasteiger partial charge on any atom is -0.384 e. The molecule has 1 aliphatic rings. The van der Waals surface area contributed by atoms with Gasteiger partial charge in [-0.05, 0) is 23.8 Å². The number of ether oxygens (including phenoxy) is 1. The molecule has 0 spiro atoms. The summed E-state index contributed by atoms with van der Waals surface area (Å²) in [5.74, 6) is 3.89. The number of hydrogen-bond donors (Lipinski definition) is 1. The number of fused-ring (bicyclic) bond motifs is 2. The van der Waals surface area contributed by atoms with Crippen molar-refractivity contribution in [2.75, 3.05) is 18.7 Å². The van der Waals surface area contributed by atoms with E-state index in [1.54, 1.807) is 37.5 Å². The van der Waals surface area contributed by atoms with E-state index < -0.39 is 14.2 Å². The van der Waals surface area contributed by atoms with Crippen molar-refractivity contribution in [1.29, 1.82) is 0 Å². The number of benzene rings is 1. The van der Waals surface area contributed by atoms with Crippen LogP contribution < -0.4 is 4.90 Å². The fourth-order valence-corrected chi connectivity index (χ4v) is 4.63. The molecule has 0 radical (unpaired) electrons. The third-order valence-corrected chi connectivity index (χ3v) is 6.55. The minimum absolute atomic E-state index is 0.338. The molecule has 0 saturated heterocycles. The summed E-state index contributed by atoms with van der Waals surface area (Å²) in [5, 5.41) is 11.8. The van der Waals surface area contributed by atoms with E-state index in [0.29, 0.717) is 6.73 Å². The summed E-state index contributed by atoms with van der Waals surface area (Å²) < 4.78 is 5.41. The molecule has 0 saturated carbocycles. The highest BCUT2D eigenvalue weighted by molar-refractivity contribution is 7.99. The molecule has 4 rings (SSSR count). The van der Waals surface area contributed by atoms with Gasteiger partial charge in [0.05, 0.1) is 5.69 Å². The Balaban J connectivity index is 1.63. The predicted octanol–water partition coefficient (Wildman–Crippen LogP) is 4.39. The van der Waals surface area contributed by atoms with E-state index in [-0.39, 0.29) is 0 Å². The number of aliphatic hydroxyl groups is 1. The Labute approximate surface area is 187 Å². The fourth-order valence-electron chi connectivity index (χ4n) is 3.14. The van der Waals surface area contributed by atoms with E-state index in [2.05, 4.69) is 46.1 Å². The zero-order chi connectivity index (χ0) is 22.0. The van der Waals surface area contributed by atoms with Gasteiger partial charge in [0.1, 0.15) is 31.6 Å². The van der Waals surface area contributed by atoms with Crippen LogP contribution in [0.1, 0.15) is 22.9 Å². The maximum atomic E-state index is 11.0. The number of methoxy groups -OCH3 is 1. The second kappa shape index (κ2) is 8.81. The largest absolute Gasteiger partial charge is 0.384 e. The van der Waals surface area contributed by atoms with Crippen LogP contribution in [0.2, 0.25) is 19.6 Å². The third kappa shape index (κ3) is 4.80. The van der Waals surface area contributed by atoms with Gasteiger partial charge >= 0.3 is 0 Å². The number of aromatic nitrogens is 3. The van der Waals surface area contributed by atoms with Gasteiger partial charge in [-0.1, -0.05) is 49.5 Å². The van der Waals surface area contributed by atoms with Crippen LogP contribution in [0.25, 0.3) is 0 Å². The second-order valence-corrected chi connectivity index (χ2v) is 14.0. The van der Waals surface area contributed by atoms with E-state index in [1.165, 1.54) is 0 Å². The molecule has 1 aromatic carbocycles. The number of nitrogens with zero attached hydrogens (tertiary/aromatic N) is 4. The summed E-state index contributed by atoms with van der Waals surface area (Å²) in [4.78, 5) is 16.3. The first kappa shape index (κ1) is 21.5. The molecule has 0 aliphatic carbocycles. The van der Waals surface area contributed by atoms with Crippen LogP contribution in [-0.4, -0.2) is 42.0 Å². The van der Waals surface area contributed by atoms with E-state index in [1.807, 2.05) is 35.2 Å². The maximum Gasteiger partial charge on any atom is 0.168 e. The van der Waals surface area contributed by atoms with Crippen molar-refractivity contribution < 1.29 is 9.84 Å². The Hall–Kier alpha value is -2.70. The minimum atomic E-state index is -1.46. The van der Waals surface area contributed by atoms with Crippen LogP contribution in [0.3, 0.4) is 0 Å². The molecule has 6 nitrogen and oxygen atoms in total. The van der Waals surface area contributed by atoms with Gasteiger partial charge in [0, 0.05) is 36.2 Å². The van der Waals surface area contributed by atoms with Crippen LogP contribution >= 0.6 is 11.8 Å². The lowest BCUT2D eigenvalue weighted by molar-refractivity contribution is 0.204. The van der Waals surface area contributed by atoms with Crippen molar-refractivity contribution in [3.05, 3.63) is 65.7 Å². The lowest BCUT2D eigenvalue weighted by Crippen LogP contribution is -2.24. The Kier molecular flexibility index (Phi) is 6.12. The highest BCUT2D eigenvalue weighted by Gasteiger charge is 2.26. The normalized spacial score (nSPS) is 13.6. The van der Waals surface area contributed by atoms with Crippen molar-refractivity contribution in [3.8, 4) is 11.5 Å². The van der Waals surface area contributed by atoms with Gasteiger partial charge in [0.25, 0.3) is 0 Å². The second-order valence-electron chi connectivity index (χ2n) is 8.24. The van der Waals surface area contributed by atoms with Gasteiger partial charge in [-0.2, -0.15) is 0 Å². The zero-order valence-corrected chi connectivity index (χ0v) is 19.8. The summed E-state index contributed by atoms with van der Waals surface area (Å²) >= 11 is 1.56. The zero-order valence-electron chi connectivity index (χ0n) is 18.0. The Morgan fingerprint density at radius 3 is 2.58 bits per heavy atom. The number of rotatable bonds is 4. The quantitative estimate of drug-likeness (QED) is 0.469. The van der Waals surface area contributed by atoms with Crippen molar-refractivity contribution in [2.45, 2.75) is 35.7 Å². The predicted molar refractivity (Wildman–Crippen MR) is 125 cm³/mol. The first-order valence-corrected chi connectivity index (χ1v) is 14.2. The molecule has 1 aliphatic heterocycles. The van der Waals surface area contributed by atoms with Crippen molar-refractivity contribution in [1.82, 2.24) is 15.0 Å². The molecule has 2 aromatic heterocycles. The van der Waals surface area contributed by atoms with Crippen molar-refractivity contribution >= 4 is 31.3 Å². The highest BCUT2D eigenvalue weighted by atomic mass is 32.2. The van der Waals surface area contributed by atoms with Gasteiger partial charge in [-0.3, -0.25) is 4.90 Å². The van der Waals surface area contributed by atoms with Crippen LogP contribution in [-0.2, 0) is 4.74 Å². The van der Waals surface area contributed by atoms with Crippen molar-refractivity contribution in [3.63, 3.8) is 0 Å². The molecule has 31 heavy (non-hydrogen) atoms. The molecule has 3 heterocycles. The Morgan fingerprint density at radius 2 is 1.87 bits per heavy atom. The summed E-state index contributed by atoms with van der Waals surface area (Å²) in [6.07, 6.45) is 4.25. The molecule has 158 valence electrons. The molecule has 1 unspecified atom stereocenters. The average Bonchev–Trinajstić information content (AvgIpc) is 2.77. The van der Waals surface area contributed by atoms with Gasteiger partial charge in [-0.25, -0.2) is 15.0 Å². The summed E-state index contributed by atoms with van der Waals surface area (Å²) in [6, 6.07) is 9.65. The van der Waals surface area contributed by atoms with E-state index in [4.69, 9.17) is 4.74 Å². The first-order valence-electron chi connectivity index (χ1n) is 9.92. The molecule has 1 atom stereocenters. The molecule has 0 bridgehead atoms. The van der Waals surface area contributed by atoms with Crippen LogP contribution in [0, 0.1) is 11.5 Å². The molecule has 1 N–H and O–H groups in total.